The minimum absolute atomic E-state index is 0.264. The summed E-state index contributed by atoms with van der Waals surface area (Å²) in [4.78, 5) is 35.8. The van der Waals surface area contributed by atoms with Crippen molar-refractivity contribution in [1.29, 1.82) is 0 Å². The molecule has 2 rings (SSSR count). The highest BCUT2D eigenvalue weighted by Gasteiger charge is 2.28. The van der Waals surface area contributed by atoms with Gasteiger partial charge >= 0.3 is 0 Å². The Morgan fingerprint density at radius 1 is 1.47 bits per heavy atom. The van der Waals surface area contributed by atoms with Gasteiger partial charge in [0, 0.05) is 11.3 Å². The van der Waals surface area contributed by atoms with E-state index in [0.29, 0.717) is 11.3 Å². The molecule has 1 saturated heterocycles. The molecule has 5 nitrogen and oxygen atoms in total. The maximum Gasteiger partial charge on any atom is 0.262 e. The summed E-state index contributed by atoms with van der Waals surface area (Å²) in [5.41, 5.74) is 0. The lowest BCUT2D eigenvalue weighted by molar-refractivity contribution is -0.134. The van der Waals surface area contributed by atoms with Crippen molar-refractivity contribution < 1.29 is 14.4 Å². The molecular weight excluding hydrogens is 240 g/mol. The molecule has 3 amide bonds. The molecule has 1 aliphatic rings. The standard InChI is InChI=1S/C11H12N2O3S/c1-6-2-4-8(17-6)11(16)12-7-3-5-9(14)13-10(7)15/h2,4,7H,3,5H2,1H3,(H,12,16)(H,13,14,15). The highest BCUT2D eigenvalue weighted by molar-refractivity contribution is 7.13. The highest BCUT2D eigenvalue weighted by Crippen LogP contribution is 2.15. The summed E-state index contributed by atoms with van der Waals surface area (Å²) < 4.78 is 0. The van der Waals surface area contributed by atoms with E-state index in [4.69, 9.17) is 0 Å². The molecule has 0 aromatic carbocycles. The molecule has 1 atom stereocenters. The van der Waals surface area contributed by atoms with Crippen LogP contribution in [0.3, 0.4) is 0 Å². The second-order valence-electron chi connectivity index (χ2n) is 3.89. The van der Waals surface area contributed by atoms with Gasteiger partial charge in [0.1, 0.15) is 6.04 Å². The van der Waals surface area contributed by atoms with Crippen molar-refractivity contribution in [2.24, 2.45) is 0 Å². The maximum absolute atomic E-state index is 11.8. The van der Waals surface area contributed by atoms with Crippen LogP contribution < -0.4 is 10.6 Å². The molecule has 1 aromatic heterocycles. The van der Waals surface area contributed by atoms with Gasteiger partial charge in [-0.3, -0.25) is 19.7 Å². The SMILES string of the molecule is Cc1ccc(C(=O)NC2CCC(=O)NC2=O)s1. The van der Waals surface area contributed by atoms with E-state index in [1.54, 1.807) is 6.07 Å². The molecule has 1 aliphatic heterocycles. The number of rotatable bonds is 2. The van der Waals surface area contributed by atoms with Crippen molar-refractivity contribution in [2.45, 2.75) is 25.8 Å². The summed E-state index contributed by atoms with van der Waals surface area (Å²) in [6.45, 7) is 1.91. The fourth-order valence-corrected chi connectivity index (χ4v) is 2.39. The molecule has 0 saturated carbocycles. The van der Waals surface area contributed by atoms with Crippen LogP contribution in [0.2, 0.25) is 0 Å². The van der Waals surface area contributed by atoms with Gasteiger partial charge in [-0.2, -0.15) is 0 Å². The van der Waals surface area contributed by atoms with Gasteiger partial charge < -0.3 is 5.32 Å². The number of amides is 3. The largest absolute Gasteiger partial charge is 0.340 e. The Balaban J connectivity index is 1.99. The van der Waals surface area contributed by atoms with E-state index in [0.717, 1.165) is 4.88 Å². The third-order valence-electron chi connectivity index (χ3n) is 2.51. The number of carbonyl (C=O) groups is 3. The number of aryl methyl sites for hydroxylation is 1. The highest BCUT2D eigenvalue weighted by atomic mass is 32.1. The van der Waals surface area contributed by atoms with Gasteiger partial charge in [0.05, 0.1) is 4.88 Å². The van der Waals surface area contributed by atoms with Crippen molar-refractivity contribution in [2.75, 3.05) is 0 Å². The third-order valence-corrected chi connectivity index (χ3v) is 3.51. The third kappa shape index (κ3) is 2.71. The summed E-state index contributed by atoms with van der Waals surface area (Å²) in [5, 5.41) is 4.83. The van der Waals surface area contributed by atoms with Crippen molar-refractivity contribution in [3.8, 4) is 0 Å². The molecule has 2 N–H and O–H groups in total. The van der Waals surface area contributed by atoms with Gasteiger partial charge in [0.2, 0.25) is 11.8 Å². The molecular formula is C11H12N2O3S. The van der Waals surface area contributed by atoms with Crippen LogP contribution in [-0.2, 0) is 9.59 Å². The normalized spacial score (nSPS) is 19.9. The average Bonchev–Trinajstić information content (AvgIpc) is 2.69. The summed E-state index contributed by atoms with van der Waals surface area (Å²) in [5.74, 6) is -0.979. The maximum atomic E-state index is 11.8. The number of imide groups is 1. The minimum atomic E-state index is -0.609. The van der Waals surface area contributed by atoms with Crippen LogP contribution in [0.15, 0.2) is 12.1 Å². The molecule has 0 aliphatic carbocycles. The van der Waals surface area contributed by atoms with Crippen LogP contribution in [0.1, 0.15) is 27.4 Å². The second kappa shape index (κ2) is 4.67. The number of hydrogen-bond donors (Lipinski definition) is 2. The monoisotopic (exact) mass is 252 g/mol. The van der Waals surface area contributed by atoms with Crippen LogP contribution in [0.25, 0.3) is 0 Å². The van der Waals surface area contributed by atoms with Crippen LogP contribution >= 0.6 is 11.3 Å². The lowest BCUT2D eigenvalue weighted by Gasteiger charge is -2.21. The summed E-state index contributed by atoms with van der Waals surface area (Å²) in [6, 6.07) is 2.97. The molecule has 6 heteroatoms. The zero-order valence-corrected chi connectivity index (χ0v) is 10.1. The molecule has 0 spiro atoms. The van der Waals surface area contributed by atoms with Gasteiger partial charge in [-0.25, -0.2) is 0 Å². The number of carbonyl (C=O) groups excluding carboxylic acids is 3. The Labute approximate surface area is 102 Å². The van der Waals surface area contributed by atoms with E-state index in [9.17, 15) is 14.4 Å². The van der Waals surface area contributed by atoms with E-state index in [2.05, 4.69) is 10.6 Å². The summed E-state index contributed by atoms with van der Waals surface area (Å²) >= 11 is 1.38. The predicted molar refractivity (Wildman–Crippen MR) is 62.7 cm³/mol. The van der Waals surface area contributed by atoms with Crippen molar-refractivity contribution in [1.82, 2.24) is 10.6 Å². The first kappa shape index (κ1) is 11.8. The van der Waals surface area contributed by atoms with E-state index in [1.165, 1.54) is 11.3 Å². The lowest BCUT2D eigenvalue weighted by atomic mass is 10.1. The molecule has 2 heterocycles. The fraction of sp³-hybridized carbons (Fsp3) is 0.364. The molecule has 1 aromatic rings. The second-order valence-corrected chi connectivity index (χ2v) is 5.18. The first-order valence-electron chi connectivity index (χ1n) is 5.27. The fourth-order valence-electron chi connectivity index (χ4n) is 1.62. The first-order chi connectivity index (χ1) is 8.06. The van der Waals surface area contributed by atoms with Crippen LogP contribution in [0, 0.1) is 6.92 Å². The van der Waals surface area contributed by atoms with Crippen molar-refractivity contribution in [3.63, 3.8) is 0 Å². The Kier molecular flexibility index (Phi) is 3.23. The zero-order chi connectivity index (χ0) is 12.4. The first-order valence-corrected chi connectivity index (χ1v) is 6.09. The van der Waals surface area contributed by atoms with E-state index in [1.807, 2.05) is 13.0 Å². The van der Waals surface area contributed by atoms with Gasteiger partial charge in [-0.15, -0.1) is 11.3 Å². The zero-order valence-electron chi connectivity index (χ0n) is 9.28. The average molecular weight is 252 g/mol. The van der Waals surface area contributed by atoms with E-state index in [-0.39, 0.29) is 18.2 Å². The van der Waals surface area contributed by atoms with Gasteiger partial charge in [0.25, 0.3) is 5.91 Å². The Morgan fingerprint density at radius 2 is 2.24 bits per heavy atom. The van der Waals surface area contributed by atoms with Crippen molar-refractivity contribution in [3.05, 3.63) is 21.9 Å². The number of piperidine rings is 1. The van der Waals surface area contributed by atoms with Gasteiger partial charge in [-0.05, 0) is 25.5 Å². The van der Waals surface area contributed by atoms with E-state index >= 15 is 0 Å². The minimum Gasteiger partial charge on any atom is -0.340 e. The van der Waals surface area contributed by atoms with Crippen molar-refractivity contribution >= 4 is 29.1 Å². The lowest BCUT2D eigenvalue weighted by Crippen LogP contribution is -2.52. The topological polar surface area (TPSA) is 75.3 Å². The summed E-state index contributed by atoms with van der Waals surface area (Å²) in [7, 11) is 0. The van der Waals surface area contributed by atoms with Gasteiger partial charge in [0.15, 0.2) is 0 Å². The van der Waals surface area contributed by atoms with Gasteiger partial charge in [-0.1, -0.05) is 0 Å². The summed E-state index contributed by atoms with van der Waals surface area (Å²) in [6.07, 6.45) is 0.626. The Bertz CT molecular complexity index is 481. The predicted octanol–water partition coefficient (Wildman–Crippen LogP) is 0.592. The quantitative estimate of drug-likeness (QED) is 0.756. The van der Waals surface area contributed by atoms with Crippen LogP contribution in [-0.4, -0.2) is 23.8 Å². The van der Waals surface area contributed by atoms with E-state index < -0.39 is 11.9 Å². The number of thiophene rings is 1. The van der Waals surface area contributed by atoms with Crippen LogP contribution in [0.5, 0.6) is 0 Å². The molecule has 90 valence electrons. The molecule has 1 fully saturated rings. The number of nitrogens with one attached hydrogen (secondary N) is 2. The molecule has 0 bridgehead atoms. The molecule has 1 unspecified atom stereocenters. The van der Waals surface area contributed by atoms with Crippen LogP contribution in [0.4, 0.5) is 0 Å². The Hall–Kier alpha value is -1.69. The number of hydrogen-bond acceptors (Lipinski definition) is 4. The molecule has 0 radical (unpaired) electrons. The molecule has 17 heavy (non-hydrogen) atoms. The smallest absolute Gasteiger partial charge is 0.262 e. The Morgan fingerprint density at radius 3 is 2.82 bits per heavy atom.